The number of alkyl halides is 2. The first-order valence-corrected chi connectivity index (χ1v) is 10.3. The van der Waals surface area contributed by atoms with Gasteiger partial charge in [-0.1, -0.05) is 0 Å². The van der Waals surface area contributed by atoms with E-state index < -0.39 is 34.5 Å². The molecule has 0 saturated carbocycles. The zero-order valence-electron chi connectivity index (χ0n) is 17.9. The molecule has 4 aromatic rings. The predicted octanol–water partition coefficient (Wildman–Crippen LogP) is 2.94. The van der Waals surface area contributed by atoms with Gasteiger partial charge in [0.15, 0.2) is 0 Å². The van der Waals surface area contributed by atoms with Crippen molar-refractivity contribution < 1.29 is 23.3 Å². The Kier molecular flexibility index (Phi) is 5.56. The van der Waals surface area contributed by atoms with Gasteiger partial charge in [0, 0.05) is 30.7 Å². The molecule has 4 heterocycles. The molecular weight excluding hydrogens is 474 g/mol. The summed E-state index contributed by atoms with van der Waals surface area (Å²) in [5.41, 5.74) is 5.26. The van der Waals surface area contributed by atoms with Crippen LogP contribution in [0.15, 0.2) is 18.5 Å². The Bertz CT molecular complexity index is 1490. The summed E-state index contributed by atoms with van der Waals surface area (Å²) in [6.07, 6.45) is -0.538. The third-order valence-electron chi connectivity index (χ3n) is 5.22. The van der Waals surface area contributed by atoms with Crippen LogP contribution in [-0.2, 0) is 14.1 Å². The Morgan fingerprint density at radius 2 is 1.88 bits per heavy atom. The molecule has 0 unspecified atom stereocenters. The number of pyridine rings is 1. The summed E-state index contributed by atoms with van der Waals surface area (Å²) in [5.74, 6) is -1.88. The molecule has 176 valence electrons. The number of primary amides is 1. The third kappa shape index (κ3) is 3.64. The van der Waals surface area contributed by atoms with Crippen molar-refractivity contribution in [2.24, 2.45) is 19.8 Å². The number of anilines is 1. The summed E-state index contributed by atoms with van der Waals surface area (Å²) >= 11 is 0.722. The zero-order valence-corrected chi connectivity index (χ0v) is 18.7. The number of nitro groups is 1. The highest BCUT2D eigenvalue weighted by Crippen LogP contribution is 2.43. The number of aromatic nitrogens is 5. The van der Waals surface area contributed by atoms with E-state index in [9.17, 15) is 28.5 Å². The lowest BCUT2D eigenvalue weighted by molar-refractivity contribution is -0.385. The maximum atomic E-state index is 13.6. The van der Waals surface area contributed by atoms with E-state index in [-0.39, 0.29) is 32.0 Å². The van der Waals surface area contributed by atoms with Gasteiger partial charge in [0.25, 0.3) is 18.2 Å². The van der Waals surface area contributed by atoms with Gasteiger partial charge >= 0.3 is 5.69 Å². The van der Waals surface area contributed by atoms with Gasteiger partial charge in [-0.15, -0.1) is 11.3 Å². The van der Waals surface area contributed by atoms with Crippen LogP contribution in [0, 0.1) is 17.0 Å². The lowest BCUT2D eigenvalue weighted by Crippen LogP contribution is -2.20. The maximum Gasteiger partial charge on any atom is 0.320 e. The van der Waals surface area contributed by atoms with Crippen LogP contribution in [0.3, 0.4) is 0 Å². The summed E-state index contributed by atoms with van der Waals surface area (Å²) in [5, 5.41) is 21.9. The van der Waals surface area contributed by atoms with Gasteiger partial charge in [0.1, 0.15) is 21.6 Å². The fourth-order valence-corrected chi connectivity index (χ4v) is 4.51. The van der Waals surface area contributed by atoms with Crippen molar-refractivity contribution in [3.05, 3.63) is 50.5 Å². The largest absolute Gasteiger partial charge is 0.365 e. The highest BCUT2D eigenvalue weighted by molar-refractivity contribution is 7.21. The molecule has 12 nitrogen and oxygen atoms in total. The highest BCUT2D eigenvalue weighted by atomic mass is 32.1. The molecule has 4 rings (SSSR count). The van der Waals surface area contributed by atoms with Gasteiger partial charge < -0.3 is 11.1 Å². The summed E-state index contributed by atoms with van der Waals surface area (Å²) in [6, 6.07) is 1.15. The minimum atomic E-state index is -2.91. The summed E-state index contributed by atoms with van der Waals surface area (Å²) < 4.78 is 29.8. The number of hydrogen-bond donors (Lipinski definition) is 2. The summed E-state index contributed by atoms with van der Waals surface area (Å²) in [6.45, 7) is 1.72. The number of aryl methyl sites for hydroxylation is 2. The minimum Gasteiger partial charge on any atom is -0.365 e. The number of carbonyl (C=O) groups is 2. The van der Waals surface area contributed by atoms with Gasteiger partial charge in [-0.05, 0) is 18.6 Å². The first-order valence-electron chi connectivity index (χ1n) is 9.53. The van der Waals surface area contributed by atoms with E-state index in [1.165, 1.54) is 17.9 Å². The predicted molar refractivity (Wildman–Crippen MR) is 118 cm³/mol. The number of fused-ring (bicyclic) bond motifs is 1. The molecule has 34 heavy (non-hydrogen) atoms. The molecule has 0 bridgehead atoms. The van der Waals surface area contributed by atoms with Crippen LogP contribution in [0.2, 0.25) is 0 Å². The number of amides is 2. The van der Waals surface area contributed by atoms with E-state index in [1.807, 2.05) is 0 Å². The first kappa shape index (κ1) is 22.9. The van der Waals surface area contributed by atoms with Crippen molar-refractivity contribution in [1.82, 2.24) is 24.5 Å². The quantitative estimate of drug-likeness (QED) is 0.310. The van der Waals surface area contributed by atoms with Crippen LogP contribution >= 0.6 is 11.3 Å². The van der Waals surface area contributed by atoms with E-state index >= 15 is 0 Å². The first-order chi connectivity index (χ1) is 16.0. The molecule has 0 aliphatic carbocycles. The van der Waals surface area contributed by atoms with Gasteiger partial charge in [-0.2, -0.15) is 10.2 Å². The van der Waals surface area contributed by atoms with E-state index in [2.05, 4.69) is 20.5 Å². The molecule has 0 atom stereocenters. The van der Waals surface area contributed by atoms with E-state index in [1.54, 1.807) is 14.0 Å². The number of halogens is 2. The SMILES string of the molecule is Cc1c(-c2cc(C(F)F)nc3sc(C(N)=O)c(NC(=O)c4c([N+](=O)[O-])cnn4C)c23)cnn1C. The van der Waals surface area contributed by atoms with Crippen LogP contribution in [0.4, 0.5) is 20.2 Å². The minimum absolute atomic E-state index is 0.0275. The molecule has 0 saturated heterocycles. The Labute approximate surface area is 193 Å². The Balaban J connectivity index is 2.00. The number of nitrogens with two attached hydrogens (primary N) is 1. The fourth-order valence-electron chi connectivity index (χ4n) is 3.49. The number of nitrogens with one attached hydrogen (secondary N) is 1. The van der Waals surface area contributed by atoms with Gasteiger partial charge in [0.05, 0.1) is 16.8 Å². The highest BCUT2D eigenvalue weighted by Gasteiger charge is 2.30. The van der Waals surface area contributed by atoms with Gasteiger partial charge in [0.2, 0.25) is 5.69 Å². The summed E-state index contributed by atoms with van der Waals surface area (Å²) in [7, 11) is 3.00. The van der Waals surface area contributed by atoms with Crippen LogP contribution in [0.5, 0.6) is 0 Å². The molecule has 0 spiro atoms. The molecule has 0 aliphatic rings. The lowest BCUT2D eigenvalue weighted by Gasteiger charge is -2.11. The van der Waals surface area contributed by atoms with Crippen molar-refractivity contribution in [2.45, 2.75) is 13.3 Å². The van der Waals surface area contributed by atoms with Crippen LogP contribution in [0.1, 0.15) is 38.0 Å². The number of carbonyl (C=O) groups excluding carboxylic acids is 2. The number of thiophene rings is 1. The van der Waals surface area contributed by atoms with Crippen molar-refractivity contribution in [3.8, 4) is 11.1 Å². The number of rotatable bonds is 6. The molecule has 3 N–H and O–H groups in total. The zero-order chi connectivity index (χ0) is 24.9. The molecule has 4 aromatic heterocycles. The molecule has 0 fully saturated rings. The van der Waals surface area contributed by atoms with Crippen molar-refractivity contribution in [1.29, 1.82) is 0 Å². The van der Waals surface area contributed by atoms with Crippen molar-refractivity contribution >= 4 is 44.7 Å². The van der Waals surface area contributed by atoms with Gasteiger partial charge in [-0.3, -0.25) is 29.1 Å². The van der Waals surface area contributed by atoms with Gasteiger partial charge in [-0.25, -0.2) is 13.8 Å². The lowest BCUT2D eigenvalue weighted by atomic mass is 10.0. The molecule has 0 aliphatic heterocycles. The Morgan fingerprint density at radius 1 is 1.21 bits per heavy atom. The Hall–Kier alpha value is -4.27. The smallest absolute Gasteiger partial charge is 0.320 e. The average Bonchev–Trinajstić information content (AvgIpc) is 3.43. The average molecular weight is 490 g/mol. The molecule has 0 radical (unpaired) electrons. The van der Waals surface area contributed by atoms with Crippen molar-refractivity contribution in [2.75, 3.05) is 5.32 Å². The molecule has 2 amide bonds. The van der Waals surface area contributed by atoms with E-state index in [0.717, 1.165) is 28.3 Å². The summed E-state index contributed by atoms with van der Waals surface area (Å²) in [4.78, 5) is 39.6. The molecular formula is C19H16F2N8O4S. The van der Waals surface area contributed by atoms with Crippen LogP contribution in [-0.4, -0.2) is 41.3 Å². The third-order valence-corrected chi connectivity index (χ3v) is 6.32. The van der Waals surface area contributed by atoms with Crippen LogP contribution < -0.4 is 11.1 Å². The normalized spacial score (nSPS) is 11.4. The molecule has 0 aromatic carbocycles. The number of nitrogens with zero attached hydrogens (tertiary/aromatic N) is 6. The fraction of sp³-hybridized carbons (Fsp3) is 0.211. The second-order valence-corrected chi connectivity index (χ2v) is 8.23. The second kappa shape index (κ2) is 8.26. The van der Waals surface area contributed by atoms with Crippen LogP contribution in [0.25, 0.3) is 21.3 Å². The second-order valence-electron chi connectivity index (χ2n) is 7.23. The monoisotopic (exact) mass is 490 g/mol. The van der Waals surface area contributed by atoms with Crippen molar-refractivity contribution in [3.63, 3.8) is 0 Å². The van der Waals surface area contributed by atoms with E-state index in [4.69, 9.17) is 5.73 Å². The Morgan fingerprint density at radius 3 is 2.44 bits per heavy atom. The molecule has 15 heteroatoms. The van der Waals surface area contributed by atoms with E-state index in [0.29, 0.717) is 11.3 Å². The topological polar surface area (TPSA) is 164 Å². The maximum absolute atomic E-state index is 13.6. The number of hydrogen-bond acceptors (Lipinski definition) is 8. The standard InChI is InChI=1S/C19H16F2N8O4S/c1-7-9(5-23-27(7)2)8-4-10(16(20)21)25-19-12(8)13(15(34-19)17(22)30)26-18(31)14-11(29(32)33)6-24-28(14)3/h4-6,16H,1-3H3,(H2,22,30)(H,26,31).